The Kier molecular flexibility index (Phi) is 6.84. The smallest absolute Gasteiger partial charge is 0.329 e. The zero-order valence-corrected chi connectivity index (χ0v) is 18.7. The molecule has 0 aliphatic heterocycles. The van der Waals surface area contributed by atoms with Crippen molar-refractivity contribution in [2.75, 3.05) is 25.7 Å². The van der Waals surface area contributed by atoms with Crippen LogP contribution in [-0.4, -0.2) is 37.3 Å². The largest absolute Gasteiger partial charge is 0.494 e. The number of methoxy groups -OCH3 is 2. The minimum Gasteiger partial charge on any atom is -0.494 e. The maximum atomic E-state index is 13.3. The highest BCUT2D eigenvalue weighted by atomic mass is 16.5. The number of hydrogen-bond donors (Lipinski definition) is 1. The van der Waals surface area contributed by atoms with Crippen molar-refractivity contribution in [1.82, 2.24) is 9.88 Å². The number of benzene rings is 2. The molecular weight excluding hydrogens is 394 g/mol. The van der Waals surface area contributed by atoms with E-state index in [0.29, 0.717) is 29.4 Å². The summed E-state index contributed by atoms with van der Waals surface area (Å²) in [5.74, 6) is 0.565. The number of para-hydroxylation sites is 1. The third kappa shape index (κ3) is 4.50. The molecule has 0 spiro atoms. The van der Waals surface area contributed by atoms with Crippen molar-refractivity contribution in [3.05, 3.63) is 53.7 Å². The van der Waals surface area contributed by atoms with Crippen LogP contribution in [0.5, 0.6) is 11.5 Å². The lowest BCUT2D eigenvalue weighted by Gasteiger charge is -2.26. The molecule has 0 bridgehead atoms. The lowest BCUT2D eigenvalue weighted by Crippen LogP contribution is -2.44. The molecule has 0 aliphatic carbocycles. The molecule has 0 unspecified atom stereocenters. The molecule has 3 rings (SSSR count). The van der Waals surface area contributed by atoms with Crippen molar-refractivity contribution in [2.24, 2.45) is 7.05 Å². The fourth-order valence-electron chi connectivity index (χ4n) is 3.66. The van der Waals surface area contributed by atoms with Crippen molar-refractivity contribution < 1.29 is 19.1 Å². The van der Waals surface area contributed by atoms with E-state index < -0.39 is 11.9 Å². The molecule has 0 atom stereocenters. The molecule has 0 radical (unpaired) electrons. The molecule has 2 aromatic carbocycles. The number of carbonyl (C=O) groups is 2. The monoisotopic (exact) mass is 423 g/mol. The zero-order valence-electron chi connectivity index (χ0n) is 18.7. The van der Waals surface area contributed by atoms with E-state index in [1.807, 2.05) is 57.3 Å². The van der Waals surface area contributed by atoms with Gasteiger partial charge in [-0.05, 0) is 43.2 Å². The number of nitrogens with zero attached hydrogens (tertiary/aromatic N) is 2. The number of aromatic nitrogens is 1. The maximum absolute atomic E-state index is 13.3. The number of ether oxygens (including phenoxy) is 2. The van der Waals surface area contributed by atoms with Crippen LogP contribution in [0, 0.1) is 6.92 Å². The first-order chi connectivity index (χ1) is 14.9. The molecule has 0 aliphatic rings. The number of hydrogen-bond acceptors (Lipinski definition) is 4. The van der Waals surface area contributed by atoms with Gasteiger partial charge in [0.2, 0.25) is 0 Å². The summed E-state index contributed by atoms with van der Waals surface area (Å²) in [5.41, 5.74) is 2.78. The van der Waals surface area contributed by atoms with Gasteiger partial charge in [0.15, 0.2) is 0 Å². The van der Waals surface area contributed by atoms with E-state index in [1.54, 1.807) is 24.9 Å². The highest BCUT2D eigenvalue weighted by Gasteiger charge is 2.26. The van der Waals surface area contributed by atoms with Gasteiger partial charge in [0.1, 0.15) is 22.9 Å². The van der Waals surface area contributed by atoms with Gasteiger partial charge < -0.3 is 14.0 Å². The Morgan fingerprint density at radius 1 is 1.06 bits per heavy atom. The number of aryl methyl sites for hydroxylation is 2. The summed E-state index contributed by atoms with van der Waals surface area (Å²) in [6.45, 7) is 4.38. The van der Waals surface area contributed by atoms with Crippen LogP contribution in [0.15, 0.2) is 42.5 Å². The normalized spacial score (nSPS) is 10.7. The number of amides is 3. The third-order valence-electron chi connectivity index (χ3n) is 5.28. The van der Waals surface area contributed by atoms with Gasteiger partial charge in [-0.1, -0.05) is 31.5 Å². The van der Waals surface area contributed by atoms with E-state index in [1.165, 1.54) is 4.90 Å². The van der Waals surface area contributed by atoms with E-state index in [2.05, 4.69) is 5.32 Å². The Balaban J connectivity index is 1.95. The summed E-state index contributed by atoms with van der Waals surface area (Å²) in [6, 6.07) is 12.6. The first kappa shape index (κ1) is 22.2. The first-order valence-electron chi connectivity index (χ1n) is 10.3. The molecule has 1 N–H and O–H groups in total. The zero-order chi connectivity index (χ0) is 22.5. The molecule has 1 aromatic heterocycles. The summed E-state index contributed by atoms with van der Waals surface area (Å²) in [7, 11) is 4.91. The molecule has 0 saturated carbocycles. The molecule has 1 heterocycles. The molecule has 7 heteroatoms. The van der Waals surface area contributed by atoms with E-state index in [0.717, 1.165) is 29.3 Å². The van der Waals surface area contributed by atoms with Crippen molar-refractivity contribution in [3.8, 4) is 11.5 Å². The van der Waals surface area contributed by atoms with E-state index >= 15 is 0 Å². The Labute approximate surface area is 182 Å². The number of nitrogens with one attached hydrogen (secondary N) is 1. The van der Waals surface area contributed by atoms with Gasteiger partial charge >= 0.3 is 6.03 Å². The van der Waals surface area contributed by atoms with Crippen LogP contribution in [0.2, 0.25) is 0 Å². The average Bonchev–Trinajstić information content (AvgIpc) is 3.11. The molecule has 3 aromatic rings. The standard InChI is InChI=1S/C24H29N3O4/c1-6-7-12-27(22-20(30-4)13-16(2)14-21(22)31-5)24(29)25-23(28)19-15-17-10-8-9-11-18(17)26(19)3/h8-11,13-15H,6-7,12H2,1-5H3,(H,25,28,29). The van der Waals surface area contributed by atoms with Gasteiger partial charge in [-0.15, -0.1) is 0 Å². The summed E-state index contributed by atoms with van der Waals surface area (Å²) < 4.78 is 12.9. The molecule has 3 amide bonds. The molecular formula is C24H29N3O4. The predicted molar refractivity (Wildman–Crippen MR) is 122 cm³/mol. The predicted octanol–water partition coefficient (Wildman–Crippen LogP) is 4.66. The van der Waals surface area contributed by atoms with Crippen LogP contribution in [0.1, 0.15) is 35.8 Å². The summed E-state index contributed by atoms with van der Waals surface area (Å²) >= 11 is 0. The minimum absolute atomic E-state index is 0.410. The molecule has 0 fully saturated rings. The Morgan fingerprint density at radius 2 is 1.71 bits per heavy atom. The number of rotatable bonds is 7. The van der Waals surface area contributed by atoms with Gasteiger partial charge in [0.05, 0.1) is 14.2 Å². The molecule has 0 saturated heterocycles. The van der Waals surface area contributed by atoms with Crippen LogP contribution in [0.3, 0.4) is 0 Å². The summed E-state index contributed by atoms with van der Waals surface area (Å²) in [4.78, 5) is 27.7. The summed E-state index contributed by atoms with van der Waals surface area (Å²) in [6.07, 6.45) is 1.65. The lowest BCUT2D eigenvalue weighted by molar-refractivity contribution is 0.0958. The van der Waals surface area contributed by atoms with Crippen LogP contribution in [0.4, 0.5) is 10.5 Å². The maximum Gasteiger partial charge on any atom is 0.329 e. The fraction of sp³-hybridized carbons (Fsp3) is 0.333. The van der Waals surface area contributed by atoms with Gasteiger partial charge in [-0.3, -0.25) is 15.0 Å². The van der Waals surface area contributed by atoms with Crippen LogP contribution in [-0.2, 0) is 7.05 Å². The van der Waals surface area contributed by atoms with E-state index in [-0.39, 0.29) is 0 Å². The van der Waals surface area contributed by atoms with Gasteiger partial charge in [0, 0.05) is 24.5 Å². The Bertz CT molecular complexity index is 1080. The lowest BCUT2D eigenvalue weighted by atomic mass is 10.1. The summed E-state index contributed by atoms with van der Waals surface area (Å²) in [5, 5.41) is 3.48. The van der Waals surface area contributed by atoms with Crippen LogP contribution >= 0.6 is 0 Å². The topological polar surface area (TPSA) is 72.8 Å². The second kappa shape index (κ2) is 9.55. The highest BCUT2D eigenvalue weighted by Crippen LogP contribution is 2.39. The third-order valence-corrected chi connectivity index (χ3v) is 5.28. The minimum atomic E-state index is -0.524. The van der Waals surface area contributed by atoms with Crippen molar-refractivity contribution in [2.45, 2.75) is 26.7 Å². The number of unbranched alkanes of at least 4 members (excludes halogenated alkanes) is 1. The van der Waals surface area contributed by atoms with Crippen LogP contribution in [0.25, 0.3) is 10.9 Å². The molecule has 31 heavy (non-hydrogen) atoms. The quantitative estimate of drug-likeness (QED) is 0.600. The van der Waals surface area contributed by atoms with Gasteiger partial charge in [-0.2, -0.15) is 0 Å². The van der Waals surface area contributed by atoms with E-state index in [9.17, 15) is 9.59 Å². The Hall–Kier alpha value is -3.48. The highest BCUT2D eigenvalue weighted by molar-refractivity contribution is 6.10. The first-order valence-corrected chi connectivity index (χ1v) is 10.3. The van der Waals surface area contributed by atoms with Crippen LogP contribution < -0.4 is 19.7 Å². The second-order valence-corrected chi connectivity index (χ2v) is 7.43. The van der Waals surface area contributed by atoms with Crippen molar-refractivity contribution in [1.29, 1.82) is 0 Å². The average molecular weight is 424 g/mol. The van der Waals surface area contributed by atoms with Crippen molar-refractivity contribution >= 4 is 28.5 Å². The Morgan fingerprint density at radius 3 is 2.29 bits per heavy atom. The number of anilines is 1. The second-order valence-electron chi connectivity index (χ2n) is 7.43. The number of carbonyl (C=O) groups excluding carboxylic acids is 2. The molecule has 7 nitrogen and oxygen atoms in total. The van der Waals surface area contributed by atoms with Gasteiger partial charge in [0.25, 0.3) is 5.91 Å². The van der Waals surface area contributed by atoms with Crippen molar-refractivity contribution in [3.63, 3.8) is 0 Å². The van der Waals surface area contributed by atoms with Gasteiger partial charge in [-0.25, -0.2) is 4.79 Å². The number of fused-ring (bicyclic) bond motifs is 1. The number of urea groups is 1. The SMILES string of the molecule is CCCCN(C(=O)NC(=O)c1cc2ccccc2n1C)c1c(OC)cc(C)cc1OC. The van der Waals surface area contributed by atoms with E-state index in [4.69, 9.17) is 9.47 Å². The molecule has 164 valence electrons. The number of imide groups is 1. The fourth-order valence-corrected chi connectivity index (χ4v) is 3.66.